The number of aromatic nitrogens is 2. The van der Waals surface area contributed by atoms with Gasteiger partial charge in [0.1, 0.15) is 5.75 Å². The van der Waals surface area contributed by atoms with Crippen molar-refractivity contribution in [3.63, 3.8) is 0 Å². The topological polar surface area (TPSA) is 39.1 Å². The van der Waals surface area contributed by atoms with Crippen molar-refractivity contribution < 1.29 is 4.74 Å². The van der Waals surface area contributed by atoms with Crippen LogP contribution < -0.4 is 10.1 Å². The van der Waals surface area contributed by atoms with Gasteiger partial charge in [-0.15, -0.1) is 0 Å². The van der Waals surface area contributed by atoms with Gasteiger partial charge in [-0.2, -0.15) is 5.10 Å². The molecule has 0 spiro atoms. The number of methoxy groups -OCH3 is 1. The largest absolute Gasteiger partial charge is 0.497 e. The van der Waals surface area contributed by atoms with Crippen LogP contribution >= 0.6 is 0 Å². The fourth-order valence-corrected chi connectivity index (χ4v) is 2.28. The summed E-state index contributed by atoms with van der Waals surface area (Å²) in [7, 11) is 1.69. The quantitative estimate of drug-likeness (QED) is 0.751. The highest BCUT2D eigenvalue weighted by Crippen LogP contribution is 2.19. The molecule has 0 bridgehead atoms. The first-order valence-corrected chi connectivity index (χ1v) is 7.18. The molecule has 4 heteroatoms. The number of nitrogens with one attached hydrogen (secondary N) is 1. The Balaban J connectivity index is 1.79. The molecule has 108 valence electrons. The highest BCUT2D eigenvalue weighted by molar-refractivity contribution is 5.29. The van der Waals surface area contributed by atoms with E-state index < -0.39 is 0 Å². The highest BCUT2D eigenvalue weighted by atomic mass is 16.5. The summed E-state index contributed by atoms with van der Waals surface area (Å²) in [5, 5.41) is 7.81. The lowest BCUT2D eigenvalue weighted by atomic mass is 10.0. The summed E-state index contributed by atoms with van der Waals surface area (Å²) in [6.45, 7) is 4.15. The van der Waals surface area contributed by atoms with Crippen LogP contribution in [0.1, 0.15) is 31.4 Å². The fourth-order valence-electron chi connectivity index (χ4n) is 2.28. The van der Waals surface area contributed by atoms with E-state index in [-0.39, 0.29) is 0 Å². The molecule has 0 aliphatic heterocycles. The molecule has 2 rings (SSSR count). The smallest absolute Gasteiger partial charge is 0.118 e. The SMILES string of the molecule is CCC(NCCCn1cccn1)c1ccc(OC)cc1. The zero-order valence-corrected chi connectivity index (χ0v) is 12.2. The molecule has 1 heterocycles. The van der Waals surface area contributed by atoms with Gasteiger partial charge in [0.2, 0.25) is 0 Å². The first-order chi connectivity index (χ1) is 9.83. The molecule has 0 amide bonds. The molecule has 0 saturated carbocycles. The van der Waals surface area contributed by atoms with Gasteiger partial charge in [0, 0.05) is 25.0 Å². The molecule has 0 aliphatic carbocycles. The normalized spacial score (nSPS) is 12.3. The van der Waals surface area contributed by atoms with E-state index in [4.69, 9.17) is 4.74 Å². The number of rotatable bonds is 8. The third kappa shape index (κ3) is 4.10. The number of aryl methyl sites for hydroxylation is 1. The number of benzene rings is 1. The average molecular weight is 273 g/mol. The van der Waals surface area contributed by atoms with Crippen molar-refractivity contribution >= 4 is 0 Å². The lowest BCUT2D eigenvalue weighted by molar-refractivity contribution is 0.414. The first-order valence-electron chi connectivity index (χ1n) is 7.18. The monoisotopic (exact) mass is 273 g/mol. The second-order valence-corrected chi connectivity index (χ2v) is 4.81. The van der Waals surface area contributed by atoms with E-state index in [1.54, 1.807) is 7.11 Å². The molecule has 0 radical (unpaired) electrons. The molecule has 1 N–H and O–H groups in total. The van der Waals surface area contributed by atoms with E-state index in [2.05, 4.69) is 29.5 Å². The fraction of sp³-hybridized carbons (Fsp3) is 0.438. The van der Waals surface area contributed by atoms with Crippen LogP contribution in [0.2, 0.25) is 0 Å². The molecule has 0 fully saturated rings. The van der Waals surface area contributed by atoms with E-state index in [9.17, 15) is 0 Å². The number of hydrogen-bond acceptors (Lipinski definition) is 3. The van der Waals surface area contributed by atoms with Crippen molar-refractivity contribution in [1.29, 1.82) is 0 Å². The lowest BCUT2D eigenvalue weighted by Gasteiger charge is -2.17. The molecular weight excluding hydrogens is 250 g/mol. The van der Waals surface area contributed by atoms with Crippen LogP contribution in [0.5, 0.6) is 5.75 Å². The predicted octanol–water partition coefficient (Wildman–Crippen LogP) is 3.02. The Bertz CT molecular complexity index is 479. The second kappa shape index (κ2) is 7.70. The van der Waals surface area contributed by atoms with E-state index in [0.717, 1.165) is 31.7 Å². The summed E-state index contributed by atoms with van der Waals surface area (Å²) >= 11 is 0. The van der Waals surface area contributed by atoms with Crippen LogP contribution in [0.4, 0.5) is 0 Å². The number of hydrogen-bond donors (Lipinski definition) is 1. The lowest BCUT2D eigenvalue weighted by Crippen LogP contribution is -2.22. The molecule has 1 aromatic heterocycles. The van der Waals surface area contributed by atoms with Crippen molar-refractivity contribution in [3.8, 4) is 5.75 Å². The summed E-state index contributed by atoms with van der Waals surface area (Å²) < 4.78 is 7.16. The van der Waals surface area contributed by atoms with Crippen LogP contribution in [0.3, 0.4) is 0 Å². The first kappa shape index (κ1) is 14.6. The van der Waals surface area contributed by atoms with E-state index in [1.807, 2.05) is 35.3 Å². The van der Waals surface area contributed by atoms with Crippen molar-refractivity contribution in [2.45, 2.75) is 32.4 Å². The summed E-state index contributed by atoms with van der Waals surface area (Å²) in [6, 6.07) is 10.7. The molecule has 4 nitrogen and oxygen atoms in total. The van der Waals surface area contributed by atoms with Gasteiger partial charge in [-0.3, -0.25) is 4.68 Å². The van der Waals surface area contributed by atoms with Gasteiger partial charge in [-0.05, 0) is 43.1 Å². The summed E-state index contributed by atoms with van der Waals surface area (Å²) in [6.07, 6.45) is 5.98. The van der Waals surface area contributed by atoms with Gasteiger partial charge in [-0.1, -0.05) is 19.1 Å². The highest BCUT2D eigenvalue weighted by Gasteiger charge is 2.08. The van der Waals surface area contributed by atoms with E-state index >= 15 is 0 Å². The standard InChI is InChI=1S/C16H23N3O/c1-3-16(14-6-8-15(20-2)9-7-14)17-10-4-12-19-13-5-11-18-19/h5-9,11,13,16-17H,3-4,10,12H2,1-2H3. The maximum Gasteiger partial charge on any atom is 0.118 e. The van der Waals surface area contributed by atoms with Crippen LogP contribution in [-0.2, 0) is 6.54 Å². The van der Waals surface area contributed by atoms with Crippen molar-refractivity contribution in [2.75, 3.05) is 13.7 Å². The maximum atomic E-state index is 5.19. The zero-order valence-electron chi connectivity index (χ0n) is 12.2. The molecule has 1 atom stereocenters. The average Bonchev–Trinajstić information content (AvgIpc) is 3.01. The Labute approximate surface area is 120 Å². The summed E-state index contributed by atoms with van der Waals surface area (Å²) in [5.74, 6) is 0.905. The number of nitrogens with zero attached hydrogens (tertiary/aromatic N) is 2. The minimum absolute atomic E-state index is 0.401. The van der Waals surface area contributed by atoms with E-state index in [1.165, 1.54) is 5.56 Å². The Morgan fingerprint density at radius 2 is 2.10 bits per heavy atom. The Morgan fingerprint density at radius 3 is 2.70 bits per heavy atom. The molecule has 20 heavy (non-hydrogen) atoms. The molecule has 0 aliphatic rings. The predicted molar refractivity (Wildman–Crippen MR) is 80.9 cm³/mol. The second-order valence-electron chi connectivity index (χ2n) is 4.81. The van der Waals surface area contributed by atoms with E-state index in [0.29, 0.717) is 6.04 Å². The zero-order chi connectivity index (χ0) is 14.2. The third-order valence-corrected chi connectivity index (χ3v) is 3.44. The van der Waals surface area contributed by atoms with Gasteiger partial charge >= 0.3 is 0 Å². The van der Waals surface area contributed by atoms with Gasteiger partial charge in [0.25, 0.3) is 0 Å². The van der Waals surface area contributed by atoms with Crippen LogP contribution in [0, 0.1) is 0 Å². The molecule has 2 aromatic rings. The van der Waals surface area contributed by atoms with Crippen LogP contribution in [0.25, 0.3) is 0 Å². The summed E-state index contributed by atoms with van der Waals surface area (Å²) in [5.41, 5.74) is 1.31. The van der Waals surface area contributed by atoms with Gasteiger partial charge < -0.3 is 10.1 Å². The van der Waals surface area contributed by atoms with Gasteiger partial charge in [0.15, 0.2) is 0 Å². The molecule has 1 aromatic carbocycles. The Morgan fingerprint density at radius 1 is 1.30 bits per heavy atom. The van der Waals surface area contributed by atoms with Crippen LogP contribution in [0.15, 0.2) is 42.7 Å². The van der Waals surface area contributed by atoms with Crippen molar-refractivity contribution in [2.24, 2.45) is 0 Å². The number of ether oxygens (including phenoxy) is 1. The van der Waals surface area contributed by atoms with Gasteiger partial charge in [-0.25, -0.2) is 0 Å². The third-order valence-electron chi connectivity index (χ3n) is 3.44. The van der Waals surface area contributed by atoms with Crippen molar-refractivity contribution in [1.82, 2.24) is 15.1 Å². The maximum absolute atomic E-state index is 5.19. The molecule has 0 saturated heterocycles. The van der Waals surface area contributed by atoms with Crippen molar-refractivity contribution in [3.05, 3.63) is 48.3 Å². The molecular formula is C16H23N3O. The molecule has 1 unspecified atom stereocenters. The summed E-state index contributed by atoms with van der Waals surface area (Å²) in [4.78, 5) is 0. The minimum Gasteiger partial charge on any atom is -0.497 e. The Kier molecular flexibility index (Phi) is 5.62. The van der Waals surface area contributed by atoms with Gasteiger partial charge in [0.05, 0.1) is 7.11 Å². The minimum atomic E-state index is 0.401. The van der Waals surface area contributed by atoms with Crippen LogP contribution in [-0.4, -0.2) is 23.4 Å². The Hall–Kier alpha value is -1.81.